The summed E-state index contributed by atoms with van der Waals surface area (Å²) < 4.78 is 5.67. The van der Waals surface area contributed by atoms with Crippen LogP contribution in [0.2, 0.25) is 0 Å². The van der Waals surface area contributed by atoms with E-state index in [1.807, 2.05) is 24.3 Å². The number of amides is 1. The molecule has 3 rings (SSSR count). The molecule has 124 valence electrons. The molecule has 0 saturated carbocycles. The third-order valence-corrected chi connectivity index (χ3v) is 3.60. The second-order valence-corrected chi connectivity index (χ2v) is 5.40. The van der Waals surface area contributed by atoms with Crippen molar-refractivity contribution >= 4 is 17.9 Å². The molecule has 5 heteroatoms. The van der Waals surface area contributed by atoms with E-state index in [1.165, 1.54) is 13.1 Å². The van der Waals surface area contributed by atoms with Crippen molar-refractivity contribution in [3.63, 3.8) is 0 Å². The highest BCUT2D eigenvalue weighted by Gasteiger charge is 2.06. The lowest BCUT2D eigenvalue weighted by Crippen LogP contribution is -2.17. The molecular weight excluding hydrogens is 316 g/mol. The standard InChI is InChI=1S/C20H16N2O3/c1-14(23)15-7-9-16(10-8-15)19-12-11-18(25-19)13-21-22-20(24)17-5-3-2-4-6-17/h2-13H,1H3,(H,22,24). The van der Waals surface area contributed by atoms with E-state index in [0.717, 1.165) is 5.56 Å². The Morgan fingerprint density at radius 3 is 2.32 bits per heavy atom. The molecule has 0 unspecified atom stereocenters. The molecule has 25 heavy (non-hydrogen) atoms. The van der Waals surface area contributed by atoms with Crippen molar-refractivity contribution in [2.45, 2.75) is 6.92 Å². The van der Waals surface area contributed by atoms with Crippen LogP contribution in [0.1, 0.15) is 33.4 Å². The lowest BCUT2D eigenvalue weighted by molar-refractivity contribution is 0.0954. The largest absolute Gasteiger partial charge is 0.455 e. The van der Waals surface area contributed by atoms with Gasteiger partial charge < -0.3 is 4.42 Å². The van der Waals surface area contributed by atoms with E-state index in [0.29, 0.717) is 22.6 Å². The monoisotopic (exact) mass is 332 g/mol. The Bertz CT molecular complexity index is 910. The van der Waals surface area contributed by atoms with Crippen molar-refractivity contribution in [3.8, 4) is 11.3 Å². The topological polar surface area (TPSA) is 71.7 Å². The summed E-state index contributed by atoms with van der Waals surface area (Å²) in [5.41, 5.74) is 4.49. The fourth-order valence-corrected chi connectivity index (χ4v) is 2.26. The van der Waals surface area contributed by atoms with Gasteiger partial charge in [-0.15, -0.1) is 0 Å². The first-order chi connectivity index (χ1) is 12.1. The first-order valence-corrected chi connectivity index (χ1v) is 7.73. The Morgan fingerprint density at radius 2 is 1.64 bits per heavy atom. The number of hydrazone groups is 1. The van der Waals surface area contributed by atoms with Gasteiger partial charge in [-0.05, 0) is 31.2 Å². The smallest absolute Gasteiger partial charge is 0.271 e. The van der Waals surface area contributed by atoms with E-state index in [4.69, 9.17) is 4.42 Å². The zero-order chi connectivity index (χ0) is 17.6. The minimum Gasteiger partial charge on any atom is -0.455 e. The Morgan fingerprint density at radius 1 is 0.920 bits per heavy atom. The van der Waals surface area contributed by atoms with Crippen LogP contribution in [0.15, 0.2) is 76.2 Å². The number of benzene rings is 2. The van der Waals surface area contributed by atoms with Gasteiger partial charge in [0, 0.05) is 16.7 Å². The average Bonchev–Trinajstić information content (AvgIpc) is 3.11. The molecule has 5 nitrogen and oxygen atoms in total. The molecule has 0 aliphatic rings. The van der Waals surface area contributed by atoms with E-state index in [9.17, 15) is 9.59 Å². The Balaban J connectivity index is 1.65. The summed E-state index contributed by atoms with van der Waals surface area (Å²) in [6.45, 7) is 1.53. The van der Waals surface area contributed by atoms with Gasteiger partial charge in [-0.2, -0.15) is 5.10 Å². The lowest BCUT2D eigenvalue weighted by Gasteiger charge is -1.99. The molecule has 0 spiro atoms. The summed E-state index contributed by atoms with van der Waals surface area (Å²) in [5.74, 6) is 0.904. The number of hydrogen-bond acceptors (Lipinski definition) is 4. The van der Waals surface area contributed by atoms with Crippen LogP contribution in [-0.2, 0) is 0 Å². The highest BCUT2D eigenvalue weighted by Crippen LogP contribution is 2.22. The summed E-state index contributed by atoms with van der Waals surface area (Å²) in [6.07, 6.45) is 1.44. The van der Waals surface area contributed by atoms with E-state index in [1.54, 1.807) is 42.5 Å². The number of ketones is 1. The molecule has 0 fully saturated rings. The van der Waals surface area contributed by atoms with Gasteiger partial charge in [0.15, 0.2) is 5.78 Å². The summed E-state index contributed by atoms with van der Waals surface area (Å²) in [5, 5.41) is 3.90. The molecular formula is C20H16N2O3. The molecule has 2 aromatic carbocycles. The molecule has 1 aromatic heterocycles. The maximum Gasteiger partial charge on any atom is 0.271 e. The van der Waals surface area contributed by atoms with Crippen molar-refractivity contribution in [1.29, 1.82) is 0 Å². The van der Waals surface area contributed by atoms with Crippen molar-refractivity contribution in [2.24, 2.45) is 5.10 Å². The molecule has 0 saturated heterocycles. The predicted molar refractivity (Wildman–Crippen MR) is 95.7 cm³/mol. The van der Waals surface area contributed by atoms with Crippen LogP contribution in [0.4, 0.5) is 0 Å². The van der Waals surface area contributed by atoms with Crippen LogP contribution in [0.25, 0.3) is 11.3 Å². The molecule has 1 heterocycles. The number of nitrogens with one attached hydrogen (secondary N) is 1. The molecule has 0 aliphatic carbocycles. The minimum atomic E-state index is -0.288. The average molecular weight is 332 g/mol. The van der Waals surface area contributed by atoms with Gasteiger partial charge in [0.1, 0.15) is 11.5 Å². The fourth-order valence-electron chi connectivity index (χ4n) is 2.26. The molecule has 0 bridgehead atoms. The van der Waals surface area contributed by atoms with Crippen LogP contribution < -0.4 is 5.43 Å². The second kappa shape index (κ2) is 7.40. The first-order valence-electron chi connectivity index (χ1n) is 7.73. The third kappa shape index (κ3) is 4.09. The molecule has 3 aromatic rings. The Kier molecular flexibility index (Phi) is 4.85. The van der Waals surface area contributed by atoms with Crippen molar-refractivity contribution in [2.75, 3.05) is 0 Å². The van der Waals surface area contributed by atoms with Gasteiger partial charge in [-0.3, -0.25) is 9.59 Å². The van der Waals surface area contributed by atoms with Crippen molar-refractivity contribution in [3.05, 3.63) is 83.6 Å². The molecule has 0 aliphatic heterocycles. The maximum atomic E-state index is 11.9. The fraction of sp³-hybridized carbons (Fsp3) is 0.0500. The number of carbonyl (C=O) groups is 2. The zero-order valence-corrected chi connectivity index (χ0v) is 13.6. The third-order valence-electron chi connectivity index (χ3n) is 3.60. The van der Waals surface area contributed by atoms with E-state index in [-0.39, 0.29) is 11.7 Å². The number of Topliss-reactive ketones (excluding diaryl/α,β-unsaturated/α-hetero) is 1. The molecule has 1 N–H and O–H groups in total. The van der Waals surface area contributed by atoms with Gasteiger partial charge in [0.05, 0.1) is 6.21 Å². The van der Waals surface area contributed by atoms with Crippen LogP contribution in [-0.4, -0.2) is 17.9 Å². The summed E-state index contributed by atoms with van der Waals surface area (Å²) in [6, 6.07) is 19.6. The van der Waals surface area contributed by atoms with Gasteiger partial charge in [0.2, 0.25) is 0 Å². The van der Waals surface area contributed by atoms with Gasteiger partial charge in [0.25, 0.3) is 5.91 Å². The predicted octanol–water partition coefficient (Wildman–Crippen LogP) is 3.91. The number of carbonyl (C=O) groups excluding carboxylic acids is 2. The van der Waals surface area contributed by atoms with Gasteiger partial charge in [-0.1, -0.05) is 42.5 Å². The molecule has 0 atom stereocenters. The van der Waals surface area contributed by atoms with Crippen LogP contribution >= 0.6 is 0 Å². The van der Waals surface area contributed by atoms with E-state index < -0.39 is 0 Å². The van der Waals surface area contributed by atoms with Crippen LogP contribution in [0.5, 0.6) is 0 Å². The quantitative estimate of drug-likeness (QED) is 0.437. The molecule has 1 amide bonds. The summed E-state index contributed by atoms with van der Waals surface area (Å²) in [7, 11) is 0. The molecule has 0 radical (unpaired) electrons. The zero-order valence-electron chi connectivity index (χ0n) is 13.6. The van der Waals surface area contributed by atoms with E-state index >= 15 is 0 Å². The summed E-state index contributed by atoms with van der Waals surface area (Å²) in [4.78, 5) is 23.2. The second-order valence-electron chi connectivity index (χ2n) is 5.40. The van der Waals surface area contributed by atoms with Crippen molar-refractivity contribution < 1.29 is 14.0 Å². The number of furan rings is 1. The maximum absolute atomic E-state index is 11.9. The highest BCUT2D eigenvalue weighted by molar-refractivity contribution is 5.95. The first kappa shape index (κ1) is 16.4. The Hall–Kier alpha value is -3.47. The van der Waals surface area contributed by atoms with Crippen LogP contribution in [0.3, 0.4) is 0 Å². The van der Waals surface area contributed by atoms with Gasteiger partial charge >= 0.3 is 0 Å². The Labute approximate surface area is 145 Å². The van der Waals surface area contributed by atoms with Crippen molar-refractivity contribution in [1.82, 2.24) is 5.43 Å². The SMILES string of the molecule is CC(=O)c1ccc(-c2ccc(C=NNC(=O)c3ccccc3)o2)cc1. The van der Waals surface area contributed by atoms with Crippen LogP contribution in [0, 0.1) is 0 Å². The normalized spacial score (nSPS) is 10.8. The number of nitrogens with zero attached hydrogens (tertiary/aromatic N) is 1. The summed E-state index contributed by atoms with van der Waals surface area (Å²) >= 11 is 0. The number of hydrogen-bond donors (Lipinski definition) is 1. The minimum absolute atomic E-state index is 0.0213. The van der Waals surface area contributed by atoms with E-state index in [2.05, 4.69) is 10.5 Å². The lowest BCUT2D eigenvalue weighted by atomic mass is 10.1. The number of rotatable bonds is 5. The highest BCUT2D eigenvalue weighted by atomic mass is 16.3. The van der Waals surface area contributed by atoms with Gasteiger partial charge in [-0.25, -0.2) is 5.43 Å².